The van der Waals surface area contributed by atoms with Crippen molar-refractivity contribution in [2.24, 2.45) is 7.05 Å². The van der Waals surface area contributed by atoms with Crippen LogP contribution >= 0.6 is 34.8 Å². The third kappa shape index (κ3) is 4.95. The Morgan fingerprint density at radius 2 is 1.72 bits per heavy atom. The number of hydrogen-bond acceptors (Lipinski definition) is 2. The van der Waals surface area contributed by atoms with Gasteiger partial charge in [-0.3, -0.25) is 4.79 Å². The summed E-state index contributed by atoms with van der Waals surface area (Å²) in [4.78, 5) is 17.4. The monoisotopic (exact) mass is 449 g/mol. The van der Waals surface area contributed by atoms with Crippen LogP contribution in [0.3, 0.4) is 0 Å². The molecule has 1 aromatic heterocycles. The van der Waals surface area contributed by atoms with Crippen LogP contribution in [0.15, 0.2) is 42.5 Å². The summed E-state index contributed by atoms with van der Waals surface area (Å²) in [6.07, 6.45) is 3.10. The molecule has 0 unspecified atom stereocenters. The van der Waals surface area contributed by atoms with E-state index in [1.165, 1.54) is 0 Å². The first-order valence-electron chi connectivity index (χ1n) is 9.48. The number of amides is 1. The molecule has 1 amide bonds. The number of carbonyl (C=O) groups excluding carboxylic acids is 1. The number of unbranched alkanes of at least 4 members (excludes halogenated alkanes) is 2. The lowest BCUT2D eigenvalue weighted by atomic mass is 10.0. The third-order valence-electron chi connectivity index (χ3n) is 4.67. The molecule has 0 spiro atoms. The zero-order valence-electron chi connectivity index (χ0n) is 16.3. The number of hydrogen-bond donors (Lipinski definition) is 1. The van der Waals surface area contributed by atoms with Gasteiger partial charge < -0.3 is 9.88 Å². The molecule has 0 aliphatic heterocycles. The van der Waals surface area contributed by atoms with Crippen LogP contribution in [0.4, 0.5) is 0 Å². The van der Waals surface area contributed by atoms with E-state index in [1.54, 1.807) is 16.7 Å². The van der Waals surface area contributed by atoms with Gasteiger partial charge in [0.05, 0.1) is 16.4 Å². The standard InChI is InChI=1S/C22H22Cl3N3O/c1-3-4-5-12-26-22(29)21-27-19(17-11-10-16(24)13-18(17)25)20(28(21)2)14-6-8-15(23)9-7-14/h6-11,13H,3-5,12H2,1-2H3,(H,26,29). The highest BCUT2D eigenvalue weighted by molar-refractivity contribution is 6.36. The molecule has 0 fully saturated rings. The van der Waals surface area contributed by atoms with Crippen LogP contribution in [0.1, 0.15) is 36.8 Å². The minimum absolute atomic E-state index is 0.213. The second-order valence-electron chi connectivity index (χ2n) is 6.79. The summed E-state index contributed by atoms with van der Waals surface area (Å²) >= 11 is 18.6. The van der Waals surface area contributed by atoms with E-state index in [0.29, 0.717) is 38.7 Å². The van der Waals surface area contributed by atoms with Crippen LogP contribution in [0.25, 0.3) is 22.5 Å². The molecule has 1 N–H and O–H groups in total. The lowest BCUT2D eigenvalue weighted by Gasteiger charge is -2.09. The number of nitrogens with zero attached hydrogens (tertiary/aromatic N) is 2. The zero-order chi connectivity index (χ0) is 21.0. The van der Waals surface area contributed by atoms with Crippen molar-refractivity contribution in [1.82, 2.24) is 14.9 Å². The Hall–Kier alpha value is -2.01. The van der Waals surface area contributed by atoms with Crippen molar-refractivity contribution in [3.8, 4) is 22.5 Å². The molecule has 0 aliphatic carbocycles. The summed E-state index contributed by atoms with van der Waals surface area (Å²) in [6.45, 7) is 2.74. The van der Waals surface area contributed by atoms with Gasteiger partial charge in [0.2, 0.25) is 0 Å². The lowest BCUT2D eigenvalue weighted by molar-refractivity contribution is 0.0939. The number of halogens is 3. The van der Waals surface area contributed by atoms with Gasteiger partial charge >= 0.3 is 0 Å². The molecule has 3 rings (SSSR count). The molecule has 7 heteroatoms. The van der Waals surface area contributed by atoms with Gasteiger partial charge in [0, 0.05) is 34.8 Å². The smallest absolute Gasteiger partial charge is 0.287 e. The van der Waals surface area contributed by atoms with Crippen LogP contribution in [0, 0.1) is 0 Å². The summed E-state index contributed by atoms with van der Waals surface area (Å²) < 4.78 is 1.79. The molecule has 2 aromatic carbocycles. The van der Waals surface area contributed by atoms with E-state index < -0.39 is 0 Å². The average Bonchev–Trinajstić information content (AvgIpc) is 3.03. The molecule has 152 valence electrons. The molecule has 0 bridgehead atoms. The number of rotatable bonds is 7. The maximum atomic E-state index is 12.8. The van der Waals surface area contributed by atoms with Crippen LogP contribution in [0.2, 0.25) is 15.1 Å². The van der Waals surface area contributed by atoms with E-state index in [9.17, 15) is 4.79 Å². The highest BCUT2D eigenvalue weighted by Crippen LogP contribution is 2.37. The average molecular weight is 451 g/mol. The molecular formula is C22H22Cl3N3O. The molecule has 0 saturated carbocycles. The summed E-state index contributed by atoms with van der Waals surface area (Å²) in [6, 6.07) is 12.7. The Balaban J connectivity index is 2.08. The Bertz CT molecular complexity index is 1010. The number of imidazole rings is 1. The number of benzene rings is 2. The van der Waals surface area contributed by atoms with Crippen LogP contribution in [-0.2, 0) is 7.05 Å². The van der Waals surface area contributed by atoms with E-state index >= 15 is 0 Å². The van der Waals surface area contributed by atoms with E-state index in [1.807, 2.05) is 37.4 Å². The molecule has 4 nitrogen and oxygen atoms in total. The van der Waals surface area contributed by atoms with Gasteiger partial charge in [-0.15, -0.1) is 0 Å². The topological polar surface area (TPSA) is 46.9 Å². The summed E-state index contributed by atoms with van der Waals surface area (Å²) in [5.41, 5.74) is 3.00. The predicted molar refractivity (Wildman–Crippen MR) is 121 cm³/mol. The number of carbonyl (C=O) groups is 1. The summed E-state index contributed by atoms with van der Waals surface area (Å²) in [5.74, 6) is 0.114. The van der Waals surface area contributed by atoms with Crippen molar-refractivity contribution in [3.05, 3.63) is 63.4 Å². The Labute approximate surface area is 185 Å². The largest absolute Gasteiger partial charge is 0.349 e. The minimum Gasteiger partial charge on any atom is -0.349 e. The van der Waals surface area contributed by atoms with E-state index in [4.69, 9.17) is 34.8 Å². The highest BCUT2D eigenvalue weighted by Gasteiger charge is 2.23. The van der Waals surface area contributed by atoms with Gasteiger partial charge in [-0.25, -0.2) is 4.98 Å². The lowest BCUT2D eigenvalue weighted by Crippen LogP contribution is -2.27. The molecule has 0 radical (unpaired) electrons. The Morgan fingerprint density at radius 1 is 1.03 bits per heavy atom. The normalized spacial score (nSPS) is 10.9. The molecule has 0 aliphatic rings. The molecule has 0 saturated heterocycles. The van der Waals surface area contributed by atoms with Gasteiger partial charge in [-0.2, -0.15) is 0 Å². The molecule has 29 heavy (non-hydrogen) atoms. The van der Waals surface area contributed by atoms with Gasteiger partial charge in [-0.1, -0.05) is 66.7 Å². The minimum atomic E-state index is -0.213. The van der Waals surface area contributed by atoms with Crippen molar-refractivity contribution in [1.29, 1.82) is 0 Å². The van der Waals surface area contributed by atoms with Crippen LogP contribution < -0.4 is 5.32 Å². The first-order valence-corrected chi connectivity index (χ1v) is 10.6. The van der Waals surface area contributed by atoms with E-state index in [0.717, 1.165) is 30.5 Å². The summed E-state index contributed by atoms with van der Waals surface area (Å²) in [5, 5.41) is 4.60. The third-order valence-corrected chi connectivity index (χ3v) is 5.47. The number of aromatic nitrogens is 2. The quantitative estimate of drug-likeness (QED) is 0.410. The van der Waals surface area contributed by atoms with Crippen molar-refractivity contribution < 1.29 is 4.79 Å². The first kappa shape index (κ1) is 21.7. The van der Waals surface area contributed by atoms with Crippen LogP contribution in [-0.4, -0.2) is 22.0 Å². The fourth-order valence-corrected chi connectivity index (χ4v) is 3.79. The second kappa shape index (κ2) is 9.66. The SMILES string of the molecule is CCCCCNC(=O)c1nc(-c2ccc(Cl)cc2Cl)c(-c2ccc(Cl)cc2)n1C. The van der Waals surface area contributed by atoms with Crippen molar-refractivity contribution in [2.75, 3.05) is 6.54 Å². The van der Waals surface area contributed by atoms with Crippen molar-refractivity contribution in [2.45, 2.75) is 26.2 Å². The molecule has 3 aromatic rings. The Morgan fingerprint density at radius 3 is 2.38 bits per heavy atom. The molecule has 0 atom stereocenters. The maximum absolute atomic E-state index is 12.8. The van der Waals surface area contributed by atoms with Gasteiger partial charge in [0.1, 0.15) is 0 Å². The molecule has 1 heterocycles. The van der Waals surface area contributed by atoms with Gasteiger partial charge in [0.25, 0.3) is 5.91 Å². The number of nitrogens with one attached hydrogen (secondary N) is 1. The Kier molecular flexibility index (Phi) is 7.23. The maximum Gasteiger partial charge on any atom is 0.287 e. The van der Waals surface area contributed by atoms with Crippen molar-refractivity contribution >= 4 is 40.7 Å². The second-order valence-corrected chi connectivity index (χ2v) is 8.07. The fraction of sp³-hybridized carbons (Fsp3) is 0.273. The van der Waals surface area contributed by atoms with Crippen LogP contribution in [0.5, 0.6) is 0 Å². The highest BCUT2D eigenvalue weighted by atomic mass is 35.5. The molecular weight excluding hydrogens is 429 g/mol. The van der Waals surface area contributed by atoms with E-state index in [2.05, 4.69) is 17.2 Å². The predicted octanol–water partition coefficient (Wildman–Crippen LogP) is 6.63. The van der Waals surface area contributed by atoms with Gasteiger partial charge in [0.15, 0.2) is 5.82 Å². The van der Waals surface area contributed by atoms with E-state index in [-0.39, 0.29) is 5.91 Å². The fourth-order valence-electron chi connectivity index (χ4n) is 3.17. The van der Waals surface area contributed by atoms with Crippen molar-refractivity contribution in [3.63, 3.8) is 0 Å². The van der Waals surface area contributed by atoms with Gasteiger partial charge in [-0.05, 0) is 36.8 Å². The summed E-state index contributed by atoms with van der Waals surface area (Å²) in [7, 11) is 1.82. The zero-order valence-corrected chi connectivity index (χ0v) is 18.6. The first-order chi connectivity index (χ1) is 13.9.